The number of rotatable bonds is 2. The highest BCUT2D eigenvalue weighted by Crippen LogP contribution is 2.23. The van der Waals surface area contributed by atoms with Crippen LogP contribution in [0.3, 0.4) is 0 Å². The summed E-state index contributed by atoms with van der Waals surface area (Å²) in [5.74, 6) is 0.707. The standard InChI is InChI=1S/C15H19N3O/c1-2-11-6-5-9-18(10-11)15(19)14-12-7-3-4-8-13(12)16-17-14/h3-4,7-8,11H,2,5-6,9-10H2,1H3,(H,16,17)/t11-/m1/s1. The first kappa shape index (κ1) is 12.2. The van der Waals surface area contributed by atoms with Gasteiger partial charge in [0, 0.05) is 18.5 Å². The molecule has 1 N–H and O–H groups in total. The second-order valence-electron chi connectivity index (χ2n) is 5.29. The minimum absolute atomic E-state index is 0.0654. The Morgan fingerprint density at radius 2 is 2.32 bits per heavy atom. The summed E-state index contributed by atoms with van der Waals surface area (Å²) in [6, 6.07) is 7.79. The average Bonchev–Trinajstić information content (AvgIpc) is 2.90. The van der Waals surface area contributed by atoms with Crippen LogP contribution in [0, 0.1) is 5.92 Å². The number of H-pyrrole nitrogens is 1. The molecule has 1 aliphatic rings. The number of para-hydroxylation sites is 1. The Morgan fingerprint density at radius 1 is 1.47 bits per heavy atom. The molecule has 1 fully saturated rings. The van der Waals surface area contributed by atoms with Crippen molar-refractivity contribution in [2.24, 2.45) is 5.92 Å². The van der Waals surface area contributed by atoms with Crippen molar-refractivity contribution in [1.82, 2.24) is 15.1 Å². The van der Waals surface area contributed by atoms with Crippen LogP contribution in [0.25, 0.3) is 10.9 Å². The lowest BCUT2D eigenvalue weighted by molar-refractivity contribution is 0.0667. The molecule has 19 heavy (non-hydrogen) atoms. The number of piperidine rings is 1. The molecule has 3 rings (SSSR count). The van der Waals surface area contributed by atoms with Crippen molar-refractivity contribution in [2.75, 3.05) is 13.1 Å². The molecule has 0 aliphatic carbocycles. The number of carbonyl (C=O) groups excluding carboxylic acids is 1. The summed E-state index contributed by atoms with van der Waals surface area (Å²) in [5, 5.41) is 8.06. The van der Waals surface area contributed by atoms with Gasteiger partial charge in [0.2, 0.25) is 0 Å². The van der Waals surface area contributed by atoms with Gasteiger partial charge >= 0.3 is 0 Å². The Labute approximate surface area is 112 Å². The molecule has 1 aromatic carbocycles. The van der Waals surface area contributed by atoms with Gasteiger partial charge < -0.3 is 4.90 Å². The maximum absolute atomic E-state index is 12.6. The van der Waals surface area contributed by atoms with E-state index in [4.69, 9.17) is 0 Å². The van der Waals surface area contributed by atoms with Crippen LogP contribution in [0.5, 0.6) is 0 Å². The number of hydrogen-bond donors (Lipinski definition) is 1. The van der Waals surface area contributed by atoms with E-state index < -0.39 is 0 Å². The lowest BCUT2D eigenvalue weighted by Gasteiger charge is -2.31. The summed E-state index contributed by atoms with van der Waals surface area (Å²) in [4.78, 5) is 14.5. The average molecular weight is 257 g/mol. The first-order valence-corrected chi connectivity index (χ1v) is 7.02. The quantitative estimate of drug-likeness (QED) is 0.899. The second-order valence-corrected chi connectivity index (χ2v) is 5.29. The van der Waals surface area contributed by atoms with E-state index in [1.54, 1.807) is 0 Å². The van der Waals surface area contributed by atoms with Crippen LogP contribution in [-0.2, 0) is 0 Å². The molecule has 0 radical (unpaired) electrons. The highest BCUT2D eigenvalue weighted by atomic mass is 16.2. The molecule has 4 nitrogen and oxygen atoms in total. The highest BCUT2D eigenvalue weighted by molar-refractivity contribution is 6.04. The van der Waals surface area contributed by atoms with E-state index in [1.165, 1.54) is 6.42 Å². The number of likely N-dealkylation sites (tertiary alicyclic amines) is 1. The first-order valence-electron chi connectivity index (χ1n) is 7.02. The SMILES string of the molecule is CC[C@@H]1CCCN(C(=O)c2n[nH]c3ccccc23)C1. The normalized spacial score (nSPS) is 19.8. The summed E-state index contributed by atoms with van der Waals surface area (Å²) in [6.45, 7) is 3.93. The van der Waals surface area contributed by atoms with Crippen LogP contribution in [0.1, 0.15) is 36.7 Å². The molecular formula is C15H19N3O. The third-order valence-electron chi connectivity index (χ3n) is 4.06. The third-order valence-corrected chi connectivity index (χ3v) is 4.06. The topological polar surface area (TPSA) is 49.0 Å². The Kier molecular flexibility index (Phi) is 3.23. The Balaban J connectivity index is 1.87. The number of nitrogens with zero attached hydrogens (tertiary/aromatic N) is 2. The molecule has 1 aromatic heterocycles. The van der Waals surface area contributed by atoms with Gasteiger partial charge in [0.25, 0.3) is 5.91 Å². The molecule has 4 heteroatoms. The van der Waals surface area contributed by atoms with E-state index in [1.807, 2.05) is 29.2 Å². The van der Waals surface area contributed by atoms with Gasteiger partial charge in [0.05, 0.1) is 5.52 Å². The number of aromatic nitrogens is 2. The largest absolute Gasteiger partial charge is 0.337 e. The highest BCUT2D eigenvalue weighted by Gasteiger charge is 2.25. The third kappa shape index (κ3) is 2.23. The van der Waals surface area contributed by atoms with Gasteiger partial charge in [-0.05, 0) is 24.8 Å². The molecule has 1 saturated heterocycles. The molecule has 2 heterocycles. The monoisotopic (exact) mass is 257 g/mol. The van der Waals surface area contributed by atoms with Gasteiger partial charge in [0.15, 0.2) is 5.69 Å². The van der Waals surface area contributed by atoms with Crippen molar-refractivity contribution in [2.45, 2.75) is 26.2 Å². The van der Waals surface area contributed by atoms with Crippen LogP contribution in [0.15, 0.2) is 24.3 Å². The number of hydrogen-bond acceptors (Lipinski definition) is 2. The number of aromatic amines is 1. The predicted molar refractivity (Wildman–Crippen MR) is 75.0 cm³/mol. The second kappa shape index (κ2) is 5.03. The first-order chi connectivity index (χ1) is 9.29. The minimum atomic E-state index is 0.0654. The van der Waals surface area contributed by atoms with Crippen LogP contribution in [-0.4, -0.2) is 34.1 Å². The molecule has 0 spiro atoms. The maximum atomic E-state index is 12.6. The summed E-state index contributed by atoms with van der Waals surface area (Å²) >= 11 is 0. The fraction of sp³-hybridized carbons (Fsp3) is 0.467. The number of fused-ring (bicyclic) bond motifs is 1. The Bertz CT molecular complexity index is 590. The summed E-state index contributed by atoms with van der Waals surface area (Å²) in [6.07, 6.45) is 3.49. The number of carbonyl (C=O) groups is 1. The van der Waals surface area contributed by atoms with Crippen molar-refractivity contribution in [3.05, 3.63) is 30.0 Å². The zero-order valence-corrected chi connectivity index (χ0v) is 11.2. The molecule has 1 atom stereocenters. The maximum Gasteiger partial charge on any atom is 0.275 e. The smallest absolute Gasteiger partial charge is 0.275 e. The summed E-state index contributed by atoms with van der Waals surface area (Å²) < 4.78 is 0. The van der Waals surface area contributed by atoms with Crippen LogP contribution in [0.4, 0.5) is 0 Å². The molecule has 2 aromatic rings. The van der Waals surface area contributed by atoms with E-state index in [-0.39, 0.29) is 5.91 Å². The van der Waals surface area contributed by atoms with Gasteiger partial charge in [-0.15, -0.1) is 0 Å². The van der Waals surface area contributed by atoms with E-state index in [2.05, 4.69) is 17.1 Å². The van der Waals surface area contributed by atoms with Crippen molar-refractivity contribution in [1.29, 1.82) is 0 Å². The van der Waals surface area contributed by atoms with Crippen molar-refractivity contribution >= 4 is 16.8 Å². The van der Waals surface area contributed by atoms with E-state index in [9.17, 15) is 4.79 Å². The van der Waals surface area contributed by atoms with Gasteiger partial charge in [0.1, 0.15) is 0 Å². The van der Waals surface area contributed by atoms with Crippen molar-refractivity contribution < 1.29 is 4.79 Å². The van der Waals surface area contributed by atoms with Crippen LogP contribution >= 0.6 is 0 Å². The molecule has 0 saturated carbocycles. The number of benzene rings is 1. The Morgan fingerprint density at radius 3 is 3.16 bits per heavy atom. The fourth-order valence-corrected chi connectivity index (χ4v) is 2.86. The van der Waals surface area contributed by atoms with Crippen molar-refractivity contribution in [3.63, 3.8) is 0 Å². The molecule has 0 unspecified atom stereocenters. The Hall–Kier alpha value is -1.84. The molecule has 1 aliphatic heterocycles. The minimum Gasteiger partial charge on any atom is -0.337 e. The molecule has 0 bridgehead atoms. The number of amides is 1. The predicted octanol–water partition coefficient (Wildman–Crippen LogP) is 2.83. The number of nitrogens with one attached hydrogen (secondary N) is 1. The summed E-state index contributed by atoms with van der Waals surface area (Å²) in [7, 11) is 0. The molecular weight excluding hydrogens is 238 g/mol. The molecule has 100 valence electrons. The van der Waals surface area contributed by atoms with E-state index in [0.29, 0.717) is 11.6 Å². The van der Waals surface area contributed by atoms with E-state index in [0.717, 1.165) is 36.8 Å². The lowest BCUT2D eigenvalue weighted by Crippen LogP contribution is -2.40. The van der Waals surface area contributed by atoms with Crippen LogP contribution < -0.4 is 0 Å². The van der Waals surface area contributed by atoms with Gasteiger partial charge in [-0.1, -0.05) is 31.5 Å². The van der Waals surface area contributed by atoms with Crippen molar-refractivity contribution in [3.8, 4) is 0 Å². The van der Waals surface area contributed by atoms with Gasteiger partial charge in [-0.25, -0.2) is 0 Å². The van der Waals surface area contributed by atoms with Gasteiger partial charge in [-0.2, -0.15) is 5.10 Å². The zero-order chi connectivity index (χ0) is 13.2. The van der Waals surface area contributed by atoms with E-state index >= 15 is 0 Å². The van der Waals surface area contributed by atoms with Gasteiger partial charge in [-0.3, -0.25) is 9.89 Å². The molecule has 1 amide bonds. The summed E-state index contributed by atoms with van der Waals surface area (Å²) in [5.41, 5.74) is 1.49. The lowest BCUT2D eigenvalue weighted by atomic mass is 9.95. The zero-order valence-electron chi connectivity index (χ0n) is 11.2. The fourth-order valence-electron chi connectivity index (χ4n) is 2.86. The van der Waals surface area contributed by atoms with Crippen LogP contribution in [0.2, 0.25) is 0 Å².